The van der Waals surface area contributed by atoms with Crippen LogP contribution >= 0.6 is 0 Å². The van der Waals surface area contributed by atoms with Gasteiger partial charge in [0.05, 0.1) is 34.0 Å². The van der Waals surface area contributed by atoms with Gasteiger partial charge in [0.1, 0.15) is 17.3 Å². The lowest BCUT2D eigenvalue weighted by atomic mass is 9.85. The number of alkyl halides is 3. The van der Waals surface area contributed by atoms with Crippen molar-refractivity contribution in [1.29, 1.82) is 0 Å². The molecule has 3 aliphatic carbocycles. The summed E-state index contributed by atoms with van der Waals surface area (Å²) in [6, 6.07) is 45.9. The van der Waals surface area contributed by atoms with Crippen LogP contribution in [-0.2, 0) is 40.0 Å². The van der Waals surface area contributed by atoms with E-state index in [9.17, 15) is 66.3 Å². The SMILES string of the molecule is C[Si](C)(C)C1=C(OS(=O)(=O)C(F)(F)F)CCCC1.O=c1oc(-c2ccc([N+](=O)[O-])cc2)c2c(c1-c1ccccc1)CCCC2.O=c1oc(-c2ccc([N+](=O)[O-])cc2)c2c(c1-c1ccccc1)CCCC2.O=c1oc(-c2ccc([N+](=O)[O-])cc2)nnc1-c1ccccc1. The maximum atomic E-state index is 12.8. The first-order chi connectivity index (χ1) is 43.9. The molecule has 9 aromatic rings. The molecule has 3 heterocycles. The highest BCUT2D eigenvalue weighted by molar-refractivity contribution is 7.87. The lowest BCUT2D eigenvalue weighted by Gasteiger charge is -2.28. The lowest BCUT2D eigenvalue weighted by molar-refractivity contribution is -0.385. The second-order valence-electron chi connectivity index (χ2n) is 22.6. The number of non-ortho nitro benzene ring substituents is 3. The minimum Gasteiger partial charge on any atom is -0.422 e. The molecule has 0 aliphatic heterocycles. The molecule has 6 aromatic carbocycles. The molecular formula is C67H60F3N5O15SSi. The Morgan fingerprint density at radius 1 is 0.446 bits per heavy atom. The minimum absolute atomic E-state index is 0.0135. The maximum Gasteiger partial charge on any atom is 0.534 e. The number of allylic oxidation sites excluding steroid dienone is 2. The second kappa shape index (κ2) is 28.7. The molecule has 0 fully saturated rings. The van der Waals surface area contributed by atoms with Gasteiger partial charge in [0, 0.05) is 65.1 Å². The van der Waals surface area contributed by atoms with Crippen LogP contribution in [0.25, 0.3) is 67.6 Å². The number of fused-ring (bicyclic) bond motifs is 2. The molecule has 474 valence electrons. The van der Waals surface area contributed by atoms with Crippen molar-refractivity contribution in [1.82, 2.24) is 10.2 Å². The van der Waals surface area contributed by atoms with Crippen LogP contribution in [0, 0.1) is 30.3 Å². The van der Waals surface area contributed by atoms with Gasteiger partial charge in [0.25, 0.3) is 17.1 Å². The average molecular weight is 1290 g/mol. The van der Waals surface area contributed by atoms with Crippen molar-refractivity contribution in [3.8, 4) is 67.6 Å². The predicted octanol–water partition coefficient (Wildman–Crippen LogP) is 15.8. The summed E-state index contributed by atoms with van der Waals surface area (Å²) in [5.74, 6) is 1.12. The molecule has 25 heteroatoms. The van der Waals surface area contributed by atoms with E-state index < -0.39 is 44.1 Å². The first-order valence-corrected chi connectivity index (χ1v) is 34.2. The molecule has 92 heavy (non-hydrogen) atoms. The third-order valence-electron chi connectivity index (χ3n) is 15.5. The quantitative estimate of drug-likeness (QED) is 0.0361. The molecule has 12 rings (SSSR count). The molecule has 20 nitrogen and oxygen atoms in total. The van der Waals surface area contributed by atoms with Gasteiger partial charge >= 0.3 is 32.5 Å². The summed E-state index contributed by atoms with van der Waals surface area (Å²) in [5, 5.41) is 40.9. The van der Waals surface area contributed by atoms with Gasteiger partial charge in [0.15, 0.2) is 5.69 Å². The Balaban J connectivity index is 0.000000146. The van der Waals surface area contributed by atoms with Gasteiger partial charge in [-0.25, -0.2) is 14.4 Å². The van der Waals surface area contributed by atoms with E-state index in [4.69, 9.17) is 13.3 Å². The highest BCUT2D eigenvalue weighted by Crippen LogP contribution is 2.40. The van der Waals surface area contributed by atoms with Crippen molar-refractivity contribution in [2.24, 2.45) is 0 Å². The Bertz CT molecular complexity index is 4330. The monoisotopic (exact) mass is 1290 g/mol. The van der Waals surface area contributed by atoms with Crippen LogP contribution in [0.5, 0.6) is 0 Å². The van der Waals surface area contributed by atoms with Gasteiger partial charge in [-0.2, -0.15) is 21.6 Å². The molecule has 0 spiro atoms. The van der Waals surface area contributed by atoms with E-state index in [0.29, 0.717) is 57.7 Å². The first kappa shape index (κ1) is 66.2. The van der Waals surface area contributed by atoms with Gasteiger partial charge in [-0.1, -0.05) is 111 Å². The van der Waals surface area contributed by atoms with Crippen LogP contribution in [0.2, 0.25) is 19.6 Å². The molecule has 0 N–H and O–H groups in total. The highest BCUT2D eigenvalue weighted by Gasteiger charge is 2.49. The molecule has 0 amide bonds. The Morgan fingerprint density at radius 2 is 0.804 bits per heavy atom. The fourth-order valence-corrected chi connectivity index (χ4v) is 13.7. The summed E-state index contributed by atoms with van der Waals surface area (Å²) in [5.41, 5.74) is 3.08. The van der Waals surface area contributed by atoms with E-state index in [2.05, 4.69) is 14.4 Å². The third-order valence-corrected chi connectivity index (χ3v) is 18.8. The Morgan fingerprint density at radius 3 is 1.17 bits per heavy atom. The predicted molar refractivity (Wildman–Crippen MR) is 341 cm³/mol. The number of rotatable bonds is 12. The van der Waals surface area contributed by atoms with Crippen molar-refractivity contribution in [3.05, 3.63) is 259 Å². The van der Waals surface area contributed by atoms with Crippen LogP contribution in [0.3, 0.4) is 0 Å². The van der Waals surface area contributed by atoms with Gasteiger partial charge in [-0.05, 0) is 146 Å². The summed E-state index contributed by atoms with van der Waals surface area (Å²) in [6.07, 6.45) is 9.95. The lowest BCUT2D eigenvalue weighted by Crippen LogP contribution is -2.31. The zero-order valence-corrected chi connectivity index (χ0v) is 51.8. The minimum atomic E-state index is -5.53. The van der Waals surface area contributed by atoms with Crippen molar-refractivity contribution < 1.29 is 53.8 Å². The summed E-state index contributed by atoms with van der Waals surface area (Å²) in [6.45, 7) is 5.91. The van der Waals surface area contributed by atoms with Crippen molar-refractivity contribution >= 4 is 35.3 Å². The fraction of sp³-hybridized carbons (Fsp3) is 0.239. The number of halogens is 3. The zero-order valence-electron chi connectivity index (χ0n) is 50.0. The van der Waals surface area contributed by atoms with Crippen molar-refractivity contribution in [2.75, 3.05) is 0 Å². The van der Waals surface area contributed by atoms with Gasteiger partial charge < -0.3 is 17.4 Å². The third kappa shape index (κ3) is 15.6. The van der Waals surface area contributed by atoms with Crippen molar-refractivity contribution in [3.63, 3.8) is 0 Å². The van der Waals surface area contributed by atoms with E-state index in [1.54, 1.807) is 48.5 Å². The number of nitro groups is 3. The smallest absolute Gasteiger partial charge is 0.422 e. The standard InChI is InChI=1S/2C21H17NO4.C15H9N3O4.C10H17F3O3SSi/c2*23-21-19(14-6-2-1-3-7-14)17-8-4-5-9-18(17)20(26-21)15-10-12-16(13-11-15)22(24)25;19-15-13(10-4-2-1-3-5-10)16-17-14(22-15)11-6-8-12(9-7-11)18(20)21;1-18(2,3)9-7-5-4-6-8(9)16-17(14,15)10(11,12)13/h2*1-3,6-7,10-13H,4-5,8-9H2;1-9H;4-7H2,1-3H3. The number of hydrogen-bond donors (Lipinski definition) is 0. The number of hydrogen-bond acceptors (Lipinski definition) is 17. The number of benzene rings is 6. The van der Waals surface area contributed by atoms with E-state index in [1.165, 1.54) is 48.5 Å². The number of aromatic nitrogens is 2. The molecule has 3 aromatic heterocycles. The van der Waals surface area contributed by atoms with Crippen LogP contribution in [0.15, 0.2) is 202 Å². The van der Waals surface area contributed by atoms with Crippen molar-refractivity contribution in [2.45, 2.75) is 102 Å². The molecule has 3 aliphatic rings. The largest absolute Gasteiger partial charge is 0.534 e. The molecule has 0 saturated carbocycles. The molecular weight excluding hydrogens is 1230 g/mol. The summed E-state index contributed by atoms with van der Waals surface area (Å²) in [4.78, 5) is 68.5. The van der Waals surface area contributed by atoms with Crippen LogP contribution in [-0.4, -0.2) is 47.0 Å². The van der Waals surface area contributed by atoms with E-state index >= 15 is 0 Å². The molecule has 0 atom stereocenters. The Hall–Kier alpha value is -10.3. The summed E-state index contributed by atoms with van der Waals surface area (Å²) >= 11 is 0. The molecule has 0 unspecified atom stereocenters. The van der Waals surface area contributed by atoms with E-state index in [1.807, 2.05) is 86.4 Å². The van der Waals surface area contributed by atoms with Gasteiger partial charge in [-0.3, -0.25) is 30.3 Å². The van der Waals surface area contributed by atoms with Gasteiger partial charge in [-0.15, -0.1) is 10.2 Å². The van der Waals surface area contributed by atoms with Crippen LogP contribution in [0.1, 0.15) is 73.6 Å². The average Bonchev–Trinajstić information content (AvgIpc) is 0.778. The Labute approximate surface area is 525 Å². The molecule has 0 radical (unpaired) electrons. The fourth-order valence-electron chi connectivity index (χ4n) is 11.1. The summed E-state index contributed by atoms with van der Waals surface area (Å²) < 4.78 is 79.9. The first-order valence-electron chi connectivity index (χ1n) is 29.3. The normalized spacial score (nSPS) is 13.7. The van der Waals surface area contributed by atoms with Crippen LogP contribution in [0.4, 0.5) is 30.2 Å². The van der Waals surface area contributed by atoms with Gasteiger partial charge in [0.2, 0.25) is 5.89 Å². The molecule has 0 saturated heterocycles. The maximum absolute atomic E-state index is 12.8. The van der Waals surface area contributed by atoms with E-state index in [-0.39, 0.29) is 52.1 Å². The zero-order chi connectivity index (χ0) is 65.9. The molecule has 0 bridgehead atoms. The van der Waals surface area contributed by atoms with Crippen LogP contribution < -0.4 is 16.9 Å². The van der Waals surface area contributed by atoms with E-state index in [0.717, 1.165) is 96.4 Å². The Kier molecular flexibility index (Phi) is 20.6. The summed E-state index contributed by atoms with van der Waals surface area (Å²) in [7, 11) is -7.38. The second-order valence-corrected chi connectivity index (χ2v) is 29.3. The number of nitrogens with zero attached hydrogens (tertiary/aromatic N) is 5. The topological polar surface area (TPSA) is 289 Å². The number of nitro benzene ring substituents is 3. The highest BCUT2D eigenvalue weighted by atomic mass is 32.2.